The first-order valence-electron chi connectivity index (χ1n) is 5.55. The number of hydrogen-bond donors (Lipinski definition) is 2. The van der Waals surface area contributed by atoms with Crippen LogP contribution in [0.15, 0.2) is 18.2 Å². The molecule has 0 aromatic heterocycles. The van der Waals surface area contributed by atoms with Crippen LogP contribution in [0.4, 0.5) is 0 Å². The van der Waals surface area contributed by atoms with Gasteiger partial charge in [0.05, 0.1) is 11.0 Å². The summed E-state index contributed by atoms with van der Waals surface area (Å²) in [5, 5.41) is 18.3. The molecule has 0 bridgehead atoms. The third-order valence-electron chi connectivity index (χ3n) is 3.64. The molecule has 0 spiro atoms. The van der Waals surface area contributed by atoms with Crippen LogP contribution < -0.4 is 0 Å². The minimum absolute atomic E-state index is 0.190. The van der Waals surface area contributed by atoms with Gasteiger partial charge in [0, 0.05) is 0 Å². The summed E-state index contributed by atoms with van der Waals surface area (Å²) in [7, 11) is 0. The van der Waals surface area contributed by atoms with Crippen molar-refractivity contribution >= 4 is 11.9 Å². The number of hydrogen-bond acceptors (Lipinski definition) is 2. The van der Waals surface area contributed by atoms with Crippen LogP contribution in [-0.4, -0.2) is 22.2 Å². The molecule has 1 aromatic carbocycles. The Labute approximate surface area is 98.9 Å². The quantitative estimate of drug-likeness (QED) is 0.840. The van der Waals surface area contributed by atoms with Crippen LogP contribution in [0.2, 0.25) is 0 Å². The van der Waals surface area contributed by atoms with E-state index in [0.717, 1.165) is 6.42 Å². The molecular weight excluding hydrogens is 220 g/mol. The molecule has 1 fully saturated rings. The average molecular weight is 234 g/mol. The summed E-state index contributed by atoms with van der Waals surface area (Å²) in [5.74, 6) is -1.87. The molecule has 0 unspecified atom stereocenters. The largest absolute Gasteiger partial charge is 0.481 e. The van der Waals surface area contributed by atoms with Gasteiger partial charge in [-0.25, -0.2) is 4.79 Å². The van der Waals surface area contributed by atoms with Gasteiger partial charge in [-0.3, -0.25) is 4.79 Å². The Morgan fingerprint density at radius 1 is 1.24 bits per heavy atom. The van der Waals surface area contributed by atoms with Crippen LogP contribution in [0.5, 0.6) is 0 Å². The van der Waals surface area contributed by atoms with E-state index in [-0.39, 0.29) is 5.56 Å². The van der Waals surface area contributed by atoms with Crippen LogP contribution >= 0.6 is 0 Å². The van der Waals surface area contributed by atoms with E-state index in [4.69, 9.17) is 5.11 Å². The second-order valence-electron chi connectivity index (χ2n) is 4.58. The van der Waals surface area contributed by atoms with Gasteiger partial charge in [-0.1, -0.05) is 18.6 Å². The number of carboxylic acids is 2. The second-order valence-corrected chi connectivity index (χ2v) is 4.58. The Kier molecular flexibility index (Phi) is 2.65. The molecule has 0 amide bonds. The van der Waals surface area contributed by atoms with Crippen molar-refractivity contribution in [2.45, 2.75) is 31.6 Å². The predicted molar refractivity (Wildman–Crippen MR) is 61.3 cm³/mol. The highest BCUT2D eigenvalue weighted by Gasteiger charge is 2.46. The molecule has 0 saturated heterocycles. The van der Waals surface area contributed by atoms with Crippen molar-refractivity contribution in [2.75, 3.05) is 0 Å². The zero-order chi connectivity index (χ0) is 12.6. The van der Waals surface area contributed by atoms with Crippen molar-refractivity contribution in [3.63, 3.8) is 0 Å². The van der Waals surface area contributed by atoms with Crippen molar-refractivity contribution in [2.24, 2.45) is 0 Å². The maximum Gasteiger partial charge on any atom is 0.335 e. The Morgan fingerprint density at radius 2 is 1.88 bits per heavy atom. The third kappa shape index (κ3) is 1.69. The molecule has 0 atom stereocenters. The average Bonchev–Trinajstić information content (AvgIpc) is 2.17. The van der Waals surface area contributed by atoms with Gasteiger partial charge in [0.2, 0.25) is 0 Å². The van der Waals surface area contributed by atoms with Gasteiger partial charge in [0.25, 0.3) is 0 Å². The van der Waals surface area contributed by atoms with E-state index in [1.807, 2.05) is 0 Å². The van der Waals surface area contributed by atoms with E-state index in [9.17, 15) is 14.7 Å². The first-order chi connectivity index (χ1) is 7.97. The molecule has 4 heteroatoms. The minimum atomic E-state index is -1.01. The molecule has 17 heavy (non-hydrogen) atoms. The number of carboxylic acid groups (broad SMARTS) is 2. The van der Waals surface area contributed by atoms with Crippen LogP contribution in [0, 0.1) is 6.92 Å². The number of aromatic carboxylic acids is 1. The molecule has 2 N–H and O–H groups in total. The molecule has 2 rings (SSSR count). The maximum atomic E-state index is 11.3. The fourth-order valence-electron chi connectivity index (χ4n) is 2.31. The molecule has 1 saturated carbocycles. The molecule has 1 aromatic rings. The SMILES string of the molecule is Cc1ccc(C2(C(=O)O)CCC2)cc1C(=O)O. The van der Waals surface area contributed by atoms with E-state index >= 15 is 0 Å². The van der Waals surface area contributed by atoms with E-state index in [1.54, 1.807) is 19.1 Å². The zero-order valence-corrected chi connectivity index (χ0v) is 9.56. The molecule has 0 aliphatic heterocycles. The topological polar surface area (TPSA) is 74.6 Å². The van der Waals surface area contributed by atoms with E-state index in [2.05, 4.69) is 0 Å². The highest BCUT2D eigenvalue weighted by molar-refractivity contribution is 5.91. The summed E-state index contributed by atoms with van der Waals surface area (Å²) in [6.45, 7) is 1.71. The Balaban J connectivity index is 2.49. The summed E-state index contributed by atoms with van der Waals surface area (Å²) in [6, 6.07) is 4.92. The Bertz CT molecular complexity index is 486. The zero-order valence-electron chi connectivity index (χ0n) is 9.56. The van der Waals surface area contributed by atoms with Gasteiger partial charge in [-0.2, -0.15) is 0 Å². The van der Waals surface area contributed by atoms with Crippen LogP contribution in [0.3, 0.4) is 0 Å². The van der Waals surface area contributed by atoms with Crippen LogP contribution in [0.25, 0.3) is 0 Å². The van der Waals surface area contributed by atoms with Gasteiger partial charge in [-0.15, -0.1) is 0 Å². The standard InChI is InChI=1S/C13H14O4/c1-8-3-4-9(7-10(8)11(14)15)13(12(16)17)5-2-6-13/h3-4,7H,2,5-6H2,1H3,(H,14,15)(H,16,17). The van der Waals surface area contributed by atoms with Crippen LogP contribution in [0.1, 0.15) is 40.7 Å². The van der Waals surface area contributed by atoms with Gasteiger partial charge >= 0.3 is 11.9 Å². The molecule has 1 aliphatic carbocycles. The number of carbonyl (C=O) groups is 2. The van der Waals surface area contributed by atoms with E-state index in [1.165, 1.54) is 6.07 Å². The number of aliphatic carboxylic acids is 1. The molecule has 4 nitrogen and oxygen atoms in total. The van der Waals surface area contributed by atoms with Crippen molar-refractivity contribution in [3.05, 3.63) is 34.9 Å². The van der Waals surface area contributed by atoms with Gasteiger partial charge in [0.15, 0.2) is 0 Å². The minimum Gasteiger partial charge on any atom is -0.481 e. The third-order valence-corrected chi connectivity index (χ3v) is 3.64. The molecule has 0 radical (unpaired) electrons. The predicted octanol–water partition coefficient (Wildman–Crippen LogP) is 2.20. The van der Waals surface area contributed by atoms with Gasteiger partial charge in [-0.05, 0) is 37.0 Å². The monoisotopic (exact) mass is 234 g/mol. The van der Waals surface area contributed by atoms with Crippen molar-refractivity contribution in [1.29, 1.82) is 0 Å². The lowest BCUT2D eigenvalue weighted by molar-refractivity contribution is -0.147. The fourth-order valence-corrected chi connectivity index (χ4v) is 2.31. The van der Waals surface area contributed by atoms with Gasteiger partial charge in [0.1, 0.15) is 0 Å². The first-order valence-corrected chi connectivity index (χ1v) is 5.55. The molecule has 90 valence electrons. The van der Waals surface area contributed by atoms with E-state index < -0.39 is 17.4 Å². The summed E-state index contributed by atoms with van der Waals surface area (Å²) in [6.07, 6.45) is 2.05. The lowest BCUT2D eigenvalue weighted by atomic mass is 9.64. The number of aryl methyl sites for hydroxylation is 1. The Hall–Kier alpha value is -1.84. The van der Waals surface area contributed by atoms with Crippen molar-refractivity contribution in [1.82, 2.24) is 0 Å². The summed E-state index contributed by atoms with van der Waals surface area (Å²) < 4.78 is 0. The maximum absolute atomic E-state index is 11.3. The Morgan fingerprint density at radius 3 is 2.29 bits per heavy atom. The van der Waals surface area contributed by atoms with Crippen molar-refractivity contribution in [3.8, 4) is 0 Å². The highest BCUT2D eigenvalue weighted by atomic mass is 16.4. The van der Waals surface area contributed by atoms with Crippen LogP contribution in [-0.2, 0) is 10.2 Å². The van der Waals surface area contributed by atoms with Gasteiger partial charge < -0.3 is 10.2 Å². The molecule has 1 aliphatic rings. The first kappa shape index (κ1) is 11.6. The van der Waals surface area contributed by atoms with E-state index in [0.29, 0.717) is 24.0 Å². The molecule has 0 heterocycles. The number of benzene rings is 1. The summed E-state index contributed by atoms with van der Waals surface area (Å²) in [4.78, 5) is 22.4. The van der Waals surface area contributed by atoms with Crippen molar-refractivity contribution < 1.29 is 19.8 Å². The number of rotatable bonds is 3. The fraction of sp³-hybridized carbons (Fsp3) is 0.385. The second kappa shape index (κ2) is 3.87. The smallest absolute Gasteiger partial charge is 0.335 e. The lowest BCUT2D eigenvalue weighted by Crippen LogP contribution is -2.42. The summed E-state index contributed by atoms with van der Waals surface area (Å²) in [5.41, 5.74) is 0.591. The lowest BCUT2D eigenvalue weighted by Gasteiger charge is -2.38. The normalized spacial score (nSPS) is 17.2. The molecular formula is C13H14O4. The summed E-state index contributed by atoms with van der Waals surface area (Å²) >= 11 is 0. The highest BCUT2D eigenvalue weighted by Crippen LogP contribution is 2.44.